The third kappa shape index (κ3) is 2.60. The van der Waals surface area contributed by atoms with E-state index in [1.807, 2.05) is 27.7 Å². The summed E-state index contributed by atoms with van der Waals surface area (Å²) >= 11 is 0. The van der Waals surface area contributed by atoms with Crippen molar-refractivity contribution in [2.75, 3.05) is 26.2 Å². The molecule has 2 saturated heterocycles. The maximum Gasteiger partial charge on any atom is 0.171 e. The summed E-state index contributed by atoms with van der Waals surface area (Å²) in [5, 5.41) is 0. The smallest absolute Gasteiger partial charge is 0.171 e. The van der Waals surface area contributed by atoms with E-state index in [-0.39, 0.29) is 23.4 Å². The Labute approximate surface area is 110 Å². The molecule has 0 amide bonds. The molecule has 2 rings (SSSR count). The fraction of sp³-hybridized carbons (Fsp3) is 0.929. The lowest BCUT2D eigenvalue weighted by Gasteiger charge is -2.35. The molecule has 0 saturated carbocycles. The minimum absolute atomic E-state index is 0.0437. The Hall–Kier alpha value is -0.450. The van der Waals surface area contributed by atoms with Gasteiger partial charge in [-0.2, -0.15) is 0 Å². The van der Waals surface area contributed by atoms with Crippen molar-refractivity contribution in [1.82, 2.24) is 4.90 Å². The maximum absolute atomic E-state index is 12.4. The van der Waals surface area contributed by atoms with Gasteiger partial charge in [0, 0.05) is 19.6 Å². The summed E-state index contributed by atoms with van der Waals surface area (Å²) in [6, 6.07) is 0. The molecule has 2 aliphatic rings. The minimum Gasteiger partial charge on any atom is -0.376 e. The van der Waals surface area contributed by atoms with Gasteiger partial charge in [-0.3, -0.25) is 9.69 Å². The van der Waals surface area contributed by atoms with Crippen LogP contribution in [0, 0.1) is 5.92 Å². The summed E-state index contributed by atoms with van der Waals surface area (Å²) in [4.78, 5) is 14.7. The lowest BCUT2D eigenvalue weighted by atomic mass is 9.85. The van der Waals surface area contributed by atoms with Crippen LogP contribution in [0.5, 0.6) is 0 Å². The number of carbonyl (C=O) groups excluding carboxylic acids is 1. The third-order valence-electron chi connectivity index (χ3n) is 4.03. The summed E-state index contributed by atoms with van der Waals surface area (Å²) in [5.74, 6) is 0.185. The Kier molecular flexibility index (Phi) is 3.56. The number of morpholine rings is 1. The number of ether oxygens (including phenoxy) is 2. The summed E-state index contributed by atoms with van der Waals surface area (Å²) in [7, 11) is 0. The first kappa shape index (κ1) is 14.0. The van der Waals surface area contributed by atoms with E-state index in [0.717, 1.165) is 26.2 Å². The summed E-state index contributed by atoms with van der Waals surface area (Å²) in [5.41, 5.74) is -1.02. The number of nitrogens with zero attached hydrogens (tertiary/aromatic N) is 1. The number of Topliss-reactive ketones (excluding diaryl/α,β-unsaturated/α-hetero) is 1. The van der Waals surface area contributed by atoms with Crippen LogP contribution in [0.15, 0.2) is 0 Å². The van der Waals surface area contributed by atoms with E-state index in [1.54, 1.807) is 0 Å². The first-order valence-electron chi connectivity index (χ1n) is 6.81. The van der Waals surface area contributed by atoms with Crippen molar-refractivity contribution in [3.8, 4) is 0 Å². The summed E-state index contributed by atoms with van der Waals surface area (Å²) < 4.78 is 11.5. The summed E-state index contributed by atoms with van der Waals surface area (Å²) in [6.45, 7) is 13.2. The van der Waals surface area contributed by atoms with E-state index in [9.17, 15) is 4.79 Å². The first-order valence-corrected chi connectivity index (χ1v) is 6.81. The molecule has 0 aromatic carbocycles. The largest absolute Gasteiger partial charge is 0.376 e. The van der Waals surface area contributed by atoms with Crippen LogP contribution < -0.4 is 0 Å². The molecule has 2 heterocycles. The van der Waals surface area contributed by atoms with Crippen molar-refractivity contribution in [2.45, 2.75) is 51.9 Å². The zero-order chi connectivity index (χ0) is 13.6. The van der Waals surface area contributed by atoms with Gasteiger partial charge in [0.15, 0.2) is 5.78 Å². The Balaban J connectivity index is 2.06. The lowest BCUT2D eigenvalue weighted by molar-refractivity contribution is -0.132. The monoisotopic (exact) mass is 255 g/mol. The van der Waals surface area contributed by atoms with E-state index in [1.165, 1.54) is 0 Å². The van der Waals surface area contributed by atoms with Gasteiger partial charge in [-0.15, -0.1) is 0 Å². The molecule has 4 nitrogen and oxygen atoms in total. The second kappa shape index (κ2) is 4.58. The number of ketones is 1. The van der Waals surface area contributed by atoms with Gasteiger partial charge in [0.25, 0.3) is 0 Å². The second-order valence-electron chi connectivity index (χ2n) is 6.57. The van der Waals surface area contributed by atoms with Crippen molar-refractivity contribution in [3.05, 3.63) is 0 Å². The maximum atomic E-state index is 12.4. The molecular formula is C14H25NO3. The van der Waals surface area contributed by atoms with Crippen LogP contribution in [0.2, 0.25) is 0 Å². The molecule has 0 radical (unpaired) electrons. The Morgan fingerprint density at radius 1 is 1.33 bits per heavy atom. The van der Waals surface area contributed by atoms with E-state index in [4.69, 9.17) is 9.47 Å². The van der Waals surface area contributed by atoms with Crippen molar-refractivity contribution in [1.29, 1.82) is 0 Å². The average Bonchev–Trinajstić information content (AvgIpc) is 2.37. The molecule has 2 unspecified atom stereocenters. The van der Waals surface area contributed by atoms with E-state index in [2.05, 4.69) is 11.8 Å². The Morgan fingerprint density at radius 3 is 2.50 bits per heavy atom. The van der Waals surface area contributed by atoms with Crippen LogP contribution in [0.4, 0.5) is 0 Å². The standard InChI is InChI=1S/C14H25NO3/c1-10-8-15(6-7-17-10)9-11-12(16)14(4,5)18-13(11,2)3/h10-11H,6-9H2,1-5H3. The molecule has 2 fully saturated rings. The van der Waals surface area contributed by atoms with Crippen LogP contribution in [-0.2, 0) is 14.3 Å². The molecular weight excluding hydrogens is 230 g/mol. The van der Waals surface area contributed by atoms with E-state index < -0.39 is 5.60 Å². The topological polar surface area (TPSA) is 38.8 Å². The van der Waals surface area contributed by atoms with E-state index >= 15 is 0 Å². The molecule has 104 valence electrons. The minimum atomic E-state index is -0.647. The SMILES string of the molecule is CC1CN(CC2C(=O)C(C)(C)OC2(C)C)CCO1. The van der Waals surface area contributed by atoms with Crippen molar-refractivity contribution < 1.29 is 14.3 Å². The van der Waals surface area contributed by atoms with Crippen LogP contribution in [0.25, 0.3) is 0 Å². The van der Waals surface area contributed by atoms with Gasteiger partial charge in [-0.05, 0) is 34.6 Å². The van der Waals surface area contributed by atoms with Gasteiger partial charge >= 0.3 is 0 Å². The fourth-order valence-electron chi connectivity index (χ4n) is 3.13. The zero-order valence-corrected chi connectivity index (χ0v) is 12.2. The van der Waals surface area contributed by atoms with E-state index in [0.29, 0.717) is 0 Å². The second-order valence-corrected chi connectivity index (χ2v) is 6.57. The molecule has 0 aliphatic carbocycles. The predicted molar refractivity (Wildman–Crippen MR) is 69.6 cm³/mol. The molecule has 0 aromatic rings. The fourth-order valence-corrected chi connectivity index (χ4v) is 3.13. The van der Waals surface area contributed by atoms with Crippen molar-refractivity contribution in [2.24, 2.45) is 5.92 Å². The molecule has 2 atom stereocenters. The molecule has 18 heavy (non-hydrogen) atoms. The summed E-state index contributed by atoms with van der Waals surface area (Å²) in [6.07, 6.45) is 0.257. The van der Waals surface area contributed by atoms with Crippen molar-refractivity contribution in [3.63, 3.8) is 0 Å². The quantitative estimate of drug-likeness (QED) is 0.749. The highest BCUT2D eigenvalue weighted by molar-refractivity contribution is 5.91. The van der Waals surface area contributed by atoms with Crippen LogP contribution in [-0.4, -0.2) is 54.2 Å². The van der Waals surface area contributed by atoms with Crippen LogP contribution in [0.3, 0.4) is 0 Å². The Morgan fingerprint density at radius 2 is 2.00 bits per heavy atom. The predicted octanol–water partition coefficient (Wildman–Crippen LogP) is 1.48. The molecule has 2 aliphatic heterocycles. The highest BCUT2D eigenvalue weighted by Gasteiger charge is 2.53. The van der Waals surface area contributed by atoms with Gasteiger partial charge in [-0.1, -0.05) is 0 Å². The van der Waals surface area contributed by atoms with Gasteiger partial charge in [0.2, 0.25) is 0 Å². The van der Waals surface area contributed by atoms with Gasteiger partial charge in [0.1, 0.15) is 5.60 Å². The zero-order valence-electron chi connectivity index (χ0n) is 12.2. The Bertz CT molecular complexity index is 338. The van der Waals surface area contributed by atoms with Crippen LogP contribution >= 0.6 is 0 Å². The number of rotatable bonds is 2. The third-order valence-corrected chi connectivity index (χ3v) is 4.03. The van der Waals surface area contributed by atoms with Crippen molar-refractivity contribution >= 4 is 5.78 Å². The molecule has 0 spiro atoms. The molecule has 4 heteroatoms. The first-order chi connectivity index (χ1) is 8.22. The van der Waals surface area contributed by atoms with Gasteiger partial charge in [-0.25, -0.2) is 0 Å². The highest BCUT2D eigenvalue weighted by atomic mass is 16.5. The lowest BCUT2D eigenvalue weighted by Crippen LogP contribution is -2.47. The number of carbonyl (C=O) groups is 1. The van der Waals surface area contributed by atoms with Crippen LogP contribution in [0.1, 0.15) is 34.6 Å². The van der Waals surface area contributed by atoms with Gasteiger partial charge in [0.05, 0.1) is 24.2 Å². The molecule has 0 aromatic heterocycles. The normalized spacial score (nSPS) is 35.9. The average molecular weight is 255 g/mol. The highest BCUT2D eigenvalue weighted by Crippen LogP contribution is 2.39. The molecule has 0 N–H and O–H groups in total. The number of hydrogen-bond donors (Lipinski definition) is 0. The number of hydrogen-bond acceptors (Lipinski definition) is 4. The van der Waals surface area contributed by atoms with Gasteiger partial charge < -0.3 is 9.47 Å². The molecule has 0 bridgehead atoms.